The van der Waals surface area contributed by atoms with Crippen LogP contribution in [0.3, 0.4) is 0 Å². The summed E-state index contributed by atoms with van der Waals surface area (Å²) in [6.45, 7) is 3.10. The van der Waals surface area contributed by atoms with Crippen LogP contribution in [0.4, 0.5) is 15.8 Å². The maximum Gasteiger partial charge on any atom is 0.327 e. The van der Waals surface area contributed by atoms with Gasteiger partial charge in [0.1, 0.15) is 5.69 Å². The smallest absolute Gasteiger partial charge is 0.327 e. The van der Waals surface area contributed by atoms with E-state index in [2.05, 4.69) is 10.2 Å². The van der Waals surface area contributed by atoms with Crippen molar-refractivity contribution in [3.8, 4) is 0 Å². The lowest BCUT2D eigenvalue weighted by molar-refractivity contribution is -0.386. The molecule has 1 aromatic carbocycles. The first kappa shape index (κ1) is 12.3. The van der Waals surface area contributed by atoms with Gasteiger partial charge in [0.15, 0.2) is 0 Å². The molecule has 1 aromatic rings. The third-order valence-corrected chi connectivity index (χ3v) is 4.17. The molecule has 0 spiro atoms. The number of nitro groups is 1. The predicted molar refractivity (Wildman–Crippen MR) is 69.6 cm³/mol. The highest BCUT2D eigenvalue weighted by Crippen LogP contribution is 2.33. The SMILES string of the molecule is O=[N+]([O-])c1c(F)cccc1NC1CN2CCC1CC2. The summed E-state index contributed by atoms with van der Waals surface area (Å²) >= 11 is 0. The average molecular weight is 265 g/mol. The summed E-state index contributed by atoms with van der Waals surface area (Å²) in [5.41, 5.74) is -0.150. The van der Waals surface area contributed by atoms with Crippen LogP contribution in [-0.4, -0.2) is 35.5 Å². The van der Waals surface area contributed by atoms with Gasteiger partial charge >= 0.3 is 5.69 Å². The molecule has 3 heterocycles. The number of fused-ring (bicyclic) bond motifs is 3. The number of nitrogens with one attached hydrogen (secondary N) is 1. The van der Waals surface area contributed by atoms with Crippen molar-refractivity contribution in [1.29, 1.82) is 0 Å². The molecule has 3 saturated heterocycles. The molecule has 4 rings (SSSR count). The molecular weight excluding hydrogens is 249 g/mol. The van der Waals surface area contributed by atoms with Crippen molar-refractivity contribution in [2.24, 2.45) is 5.92 Å². The number of anilines is 1. The van der Waals surface area contributed by atoms with Crippen LogP contribution in [-0.2, 0) is 0 Å². The van der Waals surface area contributed by atoms with Crippen LogP contribution in [0.15, 0.2) is 18.2 Å². The Kier molecular flexibility index (Phi) is 3.10. The van der Waals surface area contributed by atoms with Gasteiger partial charge in [0.2, 0.25) is 5.82 Å². The highest BCUT2D eigenvalue weighted by molar-refractivity contribution is 5.62. The number of nitrogens with zero attached hydrogens (tertiary/aromatic N) is 2. The molecule has 5 nitrogen and oxygen atoms in total. The molecule has 3 fully saturated rings. The lowest BCUT2D eigenvalue weighted by Gasteiger charge is -2.45. The van der Waals surface area contributed by atoms with Gasteiger partial charge in [-0.3, -0.25) is 10.1 Å². The second kappa shape index (κ2) is 4.77. The van der Waals surface area contributed by atoms with Crippen molar-refractivity contribution in [1.82, 2.24) is 4.90 Å². The maximum absolute atomic E-state index is 13.6. The van der Waals surface area contributed by atoms with E-state index in [-0.39, 0.29) is 6.04 Å². The summed E-state index contributed by atoms with van der Waals surface area (Å²) in [5.74, 6) is -0.246. The summed E-state index contributed by atoms with van der Waals surface area (Å²) in [7, 11) is 0. The summed E-state index contributed by atoms with van der Waals surface area (Å²) < 4.78 is 13.6. The van der Waals surface area contributed by atoms with Crippen LogP contribution < -0.4 is 5.32 Å². The van der Waals surface area contributed by atoms with Gasteiger partial charge in [0.05, 0.1) is 4.92 Å². The van der Waals surface area contributed by atoms with E-state index >= 15 is 0 Å². The Bertz CT molecular complexity index is 501. The first-order valence-electron chi connectivity index (χ1n) is 6.57. The summed E-state index contributed by atoms with van der Waals surface area (Å²) in [6, 6.07) is 4.40. The fourth-order valence-electron chi connectivity index (χ4n) is 3.15. The third kappa shape index (κ3) is 2.28. The zero-order valence-electron chi connectivity index (χ0n) is 10.5. The van der Waals surface area contributed by atoms with Crippen molar-refractivity contribution in [3.05, 3.63) is 34.1 Å². The van der Waals surface area contributed by atoms with Gasteiger partial charge < -0.3 is 10.2 Å². The average Bonchev–Trinajstić information content (AvgIpc) is 2.39. The summed E-state index contributed by atoms with van der Waals surface area (Å²) in [6.07, 6.45) is 2.22. The molecular formula is C13H16FN3O2. The number of hydrogen-bond donors (Lipinski definition) is 1. The maximum atomic E-state index is 13.6. The van der Waals surface area contributed by atoms with E-state index in [1.54, 1.807) is 6.07 Å². The molecule has 1 atom stereocenters. The van der Waals surface area contributed by atoms with Gasteiger partial charge in [-0.15, -0.1) is 0 Å². The first-order valence-corrected chi connectivity index (χ1v) is 6.57. The minimum atomic E-state index is -0.781. The van der Waals surface area contributed by atoms with E-state index < -0.39 is 16.4 Å². The molecule has 3 aliphatic heterocycles. The van der Waals surface area contributed by atoms with Gasteiger partial charge in [-0.05, 0) is 44.0 Å². The van der Waals surface area contributed by atoms with E-state index in [9.17, 15) is 14.5 Å². The molecule has 1 unspecified atom stereocenters. The van der Waals surface area contributed by atoms with Crippen LogP contribution in [0.5, 0.6) is 0 Å². The van der Waals surface area contributed by atoms with Crippen molar-refractivity contribution >= 4 is 11.4 Å². The minimum absolute atomic E-state index is 0.183. The Hall–Kier alpha value is -1.69. The molecule has 1 N–H and O–H groups in total. The van der Waals surface area contributed by atoms with Gasteiger partial charge in [-0.2, -0.15) is 4.39 Å². The lowest BCUT2D eigenvalue weighted by atomic mass is 9.84. The highest BCUT2D eigenvalue weighted by atomic mass is 19.1. The second-order valence-corrected chi connectivity index (χ2v) is 5.28. The standard InChI is InChI=1S/C13H16FN3O2/c14-10-2-1-3-11(13(10)17(18)19)15-12-8-16-6-4-9(12)5-7-16/h1-3,9,12,15H,4-8H2. The monoisotopic (exact) mass is 265 g/mol. The molecule has 0 saturated carbocycles. The first-order chi connectivity index (χ1) is 9.15. The molecule has 3 aliphatic rings. The normalized spacial score (nSPS) is 29.2. The highest BCUT2D eigenvalue weighted by Gasteiger charge is 2.35. The quantitative estimate of drug-likeness (QED) is 0.672. The number of piperidine rings is 3. The molecule has 0 radical (unpaired) electrons. The van der Waals surface area contributed by atoms with Gasteiger partial charge in [0.25, 0.3) is 0 Å². The second-order valence-electron chi connectivity index (χ2n) is 5.28. The lowest BCUT2D eigenvalue weighted by Crippen LogP contribution is -2.53. The predicted octanol–water partition coefficient (Wildman–Crippen LogP) is 2.24. The van der Waals surface area contributed by atoms with E-state index in [4.69, 9.17) is 0 Å². The van der Waals surface area contributed by atoms with E-state index in [0.29, 0.717) is 11.6 Å². The molecule has 19 heavy (non-hydrogen) atoms. The molecule has 0 amide bonds. The van der Waals surface area contributed by atoms with Gasteiger partial charge in [0, 0.05) is 12.6 Å². The van der Waals surface area contributed by atoms with E-state index in [1.165, 1.54) is 6.07 Å². The van der Waals surface area contributed by atoms with Crippen molar-refractivity contribution in [3.63, 3.8) is 0 Å². The van der Waals surface area contributed by atoms with Crippen LogP contribution in [0.25, 0.3) is 0 Å². The fourth-order valence-corrected chi connectivity index (χ4v) is 3.15. The molecule has 0 aromatic heterocycles. The number of halogens is 1. The zero-order chi connectivity index (χ0) is 13.4. The number of rotatable bonds is 3. The van der Waals surface area contributed by atoms with Crippen molar-refractivity contribution in [2.75, 3.05) is 25.0 Å². The Labute approximate surface area is 110 Å². The fraction of sp³-hybridized carbons (Fsp3) is 0.538. The third-order valence-electron chi connectivity index (χ3n) is 4.17. The summed E-state index contributed by atoms with van der Waals surface area (Å²) in [4.78, 5) is 12.7. The van der Waals surface area contributed by atoms with E-state index in [0.717, 1.165) is 38.5 Å². The summed E-state index contributed by atoms with van der Waals surface area (Å²) in [5, 5.41) is 14.1. The Balaban J connectivity index is 1.84. The van der Waals surface area contributed by atoms with Crippen molar-refractivity contribution < 1.29 is 9.31 Å². The Morgan fingerprint density at radius 1 is 1.37 bits per heavy atom. The van der Waals surface area contributed by atoms with Crippen LogP contribution in [0.2, 0.25) is 0 Å². The zero-order valence-corrected chi connectivity index (χ0v) is 10.5. The van der Waals surface area contributed by atoms with E-state index in [1.807, 2.05) is 0 Å². The number of para-hydroxylation sites is 1. The van der Waals surface area contributed by atoms with Crippen LogP contribution in [0.1, 0.15) is 12.8 Å². The molecule has 2 bridgehead atoms. The molecule has 0 aliphatic carbocycles. The minimum Gasteiger partial charge on any atom is -0.375 e. The van der Waals surface area contributed by atoms with Crippen molar-refractivity contribution in [2.45, 2.75) is 18.9 Å². The van der Waals surface area contributed by atoms with Crippen LogP contribution in [0, 0.1) is 21.8 Å². The molecule has 6 heteroatoms. The number of benzene rings is 1. The molecule has 102 valence electrons. The van der Waals surface area contributed by atoms with Gasteiger partial charge in [-0.25, -0.2) is 0 Å². The number of nitro benzene ring substituents is 1. The topological polar surface area (TPSA) is 58.4 Å². The Morgan fingerprint density at radius 2 is 2.11 bits per heavy atom. The Morgan fingerprint density at radius 3 is 2.68 bits per heavy atom. The largest absolute Gasteiger partial charge is 0.375 e. The van der Waals surface area contributed by atoms with Crippen LogP contribution >= 0.6 is 0 Å². The van der Waals surface area contributed by atoms with Gasteiger partial charge in [-0.1, -0.05) is 6.07 Å². The number of hydrogen-bond acceptors (Lipinski definition) is 4.